The molecule has 28 heavy (non-hydrogen) atoms. The van der Waals surface area contributed by atoms with E-state index in [1.807, 2.05) is 65.5 Å². The number of hydrogen-bond acceptors (Lipinski definition) is 3. The summed E-state index contributed by atoms with van der Waals surface area (Å²) in [4.78, 5) is 26.8. The molecule has 0 aliphatic carbocycles. The van der Waals surface area contributed by atoms with Crippen molar-refractivity contribution in [3.8, 4) is 0 Å². The van der Waals surface area contributed by atoms with E-state index in [1.54, 1.807) is 11.1 Å². The molecule has 6 nitrogen and oxygen atoms in total. The molecular weight excluding hydrogens is 420 g/mol. The van der Waals surface area contributed by atoms with Crippen molar-refractivity contribution < 1.29 is 9.59 Å². The molecule has 0 spiro atoms. The van der Waals surface area contributed by atoms with Gasteiger partial charge >= 0.3 is 0 Å². The Morgan fingerprint density at radius 3 is 2.82 bits per heavy atom. The Labute approximate surface area is 171 Å². The van der Waals surface area contributed by atoms with E-state index in [9.17, 15) is 9.59 Å². The van der Waals surface area contributed by atoms with E-state index in [0.29, 0.717) is 13.1 Å². The lowest BCUT2D eigenvalue weighted by Gasteiger charge is -2.17. The van der Waals surface area contributed by atoms with Gasteiger partial charge in [-0.15, -0.1) is 0 Å². The molecule has 2 amide bonds. The highest BCUT2D eigenvalue weighted by Crippen LogP contribution is 2.28. The maximum Gasteiger partial charge on any atom is 0.229 e. The van der Waals surface area contributed by atoms with Gasteiger partial charge in [-0.3, -0.25) is 14.3 Å². The van der Waals surface area contributed by atoms with Gasteiger partial charge in [-0.2, -0.15) is 5.10 Å². The number of aromatic nitrogens is 2. The zero-order chi connectivity index (χ0) is 19.5. The first-order chi connectivity index (χ1) is 13.6. The molecule has 0 bridgehead atoms. The number of carbonyl (C=O) groups is 2. The van der Waals surface area contributed by atoms with Crippen molar-refractivity contribution in [1.82, 2.24) is 9.78 Å². The number of benzene rings is 2. The second-order valence-electron chi connectivity index (χ2n) is 6.78. The van der Waals surface area contributed by atoms with Gasteiger partial charge in [0.2, 0.25) is 11.8 Å². The molecule has 0 saturated carbocycles. The Hall–Kier alpha value is -2.93. The zero-order valence-corrected chi connectivity index (χ0v) is 16.7. The summed E-state index contributed by atoms with van der Waals surface area (Å²) in [7, 11) is 0. The van der Waals surface area contributed by atoms with E-state index in [2.05, 4.69) is 26.3 Å². The Morgan fingerprint density at radius 1 is 1.18 bits per heavy atom. The third-order valence-corrected chi connectivity index (χ3v) is 5.21. The first-order valence-corrected chi connectivity index (χ1v) is 9.81. The van der Waals surface area contributed by atoms with Gasteiger partial charge in [0.15, 0.2) is 0 Å². The summed E-state index contributed by atoms with van der Waals surface area (Å²) in [6.07, 6.45) is 3.84. The van der Waals surface area contributed by atoms with Gasteiger partial charge in [0.25, 0.3) is 0 Å². The van der Waals surface area contributed by atoms with E-state index in [0.717, 1.165) is 21.4 Å². The van der Waals surface area contributed by atoms with Crippen LogP contribution in [-0.4, -0.2) is 28.1 Å². The fourth-order valence-electron chi connectivity index (χ4n) is 3.35. The molecule has 1 aromatic heterocycles. The molecule has 1 aliphatic rings. The van der Waals surface area contributed by atoms with Gasteiger partial charge in [-0.05, 0) is 42.0 Å². The number of nitrogens with zero attached hydrogens (tertiary/aromatic N) is 3. The van der Waals surface area contributed by atoms with Crippen LogP contribution in [0, 0.1) is 5.92 Å². The fourth-order valence-corrected chi connectivity index (χ4v) is 3.74. The van der Waals surface area contributed by atoms with Crippen LogP contribution in [-0.2, 0) is 16.1 Å². The molecule has 7 heteroatoms. The predicted molar refractivity (Wildman–Crippen MR) is 111 cm³/mol. The number of halogens is 1. The summed E-state index contributed by atoms with van der Waals surface area (Å²) < 4.78 is 2.73. The van der Waals surface area contributed by atoms with Crippen LogP contribution in [0.1, 0.15) is 12.0 Å². The molecule has 1 aliphatic heterocycles. The molecule has 3 aromatic rings. The smallest absolute Gasteiger partial charge is 0.229 e. The summed E-state index contributed by atoms with van der Waals surface area (Å²) >= 11 is 3.42. The minimum Gasteiger partial charge on any atom is -0.326 e. The Morgan fingerprint density at radius 2 is 2.04 bits per heavy atom. The van der Waals surface area contributed by atoms with Crippen molar-refractivity contribution in [2.45, 2.75) is 13.0 Å². The van der Waals surface area contributed by atoms with E-state index in [1.165, 1.54) is 0 Å². The standard InChI is InChI=1S/C21H19BrN4O2/c22-17-5-2-7-19(12-17)26-14-16(11-20(26)27)21(28)24-18-6-1-4-15(10-18)13-25-9-3-8-23-25/h1-10,12,16H,11,13-14H2,(H,24,28). The van der Waals surface area contributed by atoms with Crippen molar-refractivity contribution in [2.24, 2.45) is 5.92 Å². The highest BCUT2D eigenvalue weighted by Gasteiger charge is 2.35. The zero-order valence-electron chi connectivity index (χ0n) is 15.1. The highest BCUT2D eigenvalue weighted by atomic mass is 79.9. The maximum absolute atomic E-state index is 12.7. The number of carbonyl (C=O) groups excluding carboxylic acids is 2. The van der Waals surface area contributed by atoms with Crippen LogP contribution in [0.15, 0.2) is 71.5 Å². The lowest BCUT2D eigenvalue weighted by molar-refractivity contribution is -0.122. The largest absolute Gasteiger partial charge is 0.326 e. The first kappa shape index (κ1) is 18.4. The quantitative estimate of drug-likeness (QED) is 0.660. The van der Waals surface area contributed by atoms with Crippen molar-refractivity contribution in [2.75, 3.05) is 16.8 Å². The Bertz CT molecular complexity index is 1000. The Kier molecular flexibility index (Phi) is 5.25. The van der Waals surface area contributed by atoms with Crippen LogP contribution in [0.4, 0.5) is 11.4 Å². The number of anilines is 2. The summed E-state index contributed by atoms with van der Waals surface area (Å²) in [6.45, 7) is 1.02. The van der Waals surface area contributed by atoms with Gasteiger partial charge in [0.1, 0.15) is 0 Å². The summed E-state index contributed by atoms with van der Waals surface area (Å²) in [5.74, 6) is -0.547. The lowest BCUT2D eigenvalue weighted by Crippen LogP contribution is -2.28. The molecule has 4 rings (SSSR count). The molecule has 1 unspecified atom stereocenters. The first-order valence-electron chi connectivity index (χ1n) is 9.01. The molecule has 2 aromatic carbocycles. The topological polar surface area (TPSA) is 67.2 Å². The van der Waals surface area contributed by atoms with Crippen molar-refractivity contribution >= 4 is 39.1 Å². The van der Waals surface area contributed by atoms with Crippen molar-refractivity contribution in [1.29, 1.82) is 0 Å². The van der Waals surface area contributed by atoms with Crippen LogP contribution < -0.4 is 10.2 Å². The van der Waals surface area contributed by atoms with E-state index in [4.69, 9.17) is 0 Å². The minimum atomic E-state index is -0.374. The van der Waals surface area contributed by atoms with Crippen LogP contribution >= 0.6 is 15.9 Å². The fraction of sp³-hybridized carbons (Fsp3) is 0.190. The molecule has 1 fully saturated rings. The second-order valence-corrected chi connectivity index (χ2v) is 7.69. The third kappa shape index (κ3) is 4.14. The van der Waals surface area contributed by atoms with E-state index < -0.39 is 0 Å². The van der Waals surface area contributed by atoms with Gasteiger partial charge in [0.05, 0.1) is 12.5 Å². The van der Waals surface area contributed by atoms with E-state index >= 15 is 0 Å². The summed E-state index contributed by atoms with van der Waals surface area (Å²) in [6, 6.07) is 17.1. The molecule has 2 heterocycles. The Balaban J connectivity index is 1.42. The van der Waals surface area contributed by atoms with Crippen molar-refractivity contribution in [3.63, 3.8) is 0 Å². The van der Waals surface area contributed by atoms with Gasteiger partial charge < -0.3 is 10.2 Å². The van der Waals surface area contributed by atoms with Gasteiger partial charge in [-0.25, -0.2) is 0 Å². The molecule has 0 radical (unpaired) electrons. The average molecular weight is 439 g/mol. The third-order valence-electron chi connectivity index (χ3n) is 4.71. The maximum atomic E-state index is 12.7. The average Bonchev–Trinajstić information content (AvgIpc) is 3.31. The monoisotopic (exact) mass is 438 g/mol. The molecule has 142 valence electrons. The van der Waals surface area contributed by atoms with Crippen LogP contribution in [0.5, 0.6) is 0 Å². The van der Waals surface area contributed by atoms with Crippen LogP contribution in [0.25, 0.3) is 0 Å². The highest BCUT2D eigenvalue weighted by molar-refractivity contribution is 9.10. The SMILES string of the molecule is O=C(Nc1cccc(Cn2cccn2)c1)C1CC(=O)N(c2cccc(Br)c2)C1. The minimum absolute atomic E-state index is 0.0364. The number of hydrogen-bond donors (Lipinski definition) is 1. The number of rotatable bonds is 5. The van der Waals surface area contributed by atoms with Gasteiger partial charge in [-0.1, -0.05) is 34.1 Å². The van der Waals surface area contributed by atoms with E-state index in [-0.39, 0.29) is 24.2 Å². The van der Waals surface area contributed by atoms with Crippen molar-refractivity contribution in [3.05, 3.63) is 77.0 Å². The van der Waals surface area contributed by atoms with Crippen LogP contribution in [0.3, 0.4) is 0 Å². The second kappa shape index (κ2) is 7.98. The van der Waals surface area contributed by atoms with Gasteiger partial charge in [0, 0.05) is 41.2 Å². The van der Waals surface area contributed by atoms with Crippen LogP contribution in [0.2, 0.25) is 0 Å². The molecule has 1 saturated heterocycles. The number of amides is 2. The molecule has 1 N–H and O–H groups in total. The molecule has 1 atom stereocenters. The predicted octanol–water partition coefficient (Wildman–Crippen LogP) is 3.69. The summed E-state index contributed by atoms with van der Waals surface area (Å²) in [5.41, 5.74) is 2.57. The number of nitrogens with one attached hydrogen (secondary N) is 1. The lowest BCUT2D eigenvalue weighted by atomic mass is 10.1. The summed E-state index contributed by atoms with van der Waals surface area (Å²) in [5, 5.41) is 7.15. The normalized spacial score (nSPS) is 16.4. The molecular formula is C21H19BrN4O2.